The Balaban J connectivity index is 1.60. The minimum Gasteiger partial charge on any atom is -0.372 e. The van der Waals surface area contributed by atoms with Gasteiger partial charge in [0, 0.05) is 25.5 Å². The third-order valence-electron chi connectivity index (χ3n) is 5.57. The number of nitrogens with one attached hydrogen (secondary N) is 1. The first-order chi connectivity index (χ1) is 16.6. The molecular weight excluding hydrogens is 468 g/mol. The number of carbonyl (C=O) groups excluding carboxylic acids is 1. The van der Waals surface area contributed by atoms with Gasteiger partial charge in [-0.1, -0.05) is 6.07 Å². The van der Waals surface area contributed by atoms with Gasteiger partial charge in [-0.3, -0.25) is 4.79 Å². The predicted molar refractivity (Wildman–Crippen MR) is 118 cm³/mol. The van der Waals surface area contributed by atoms with Crippen LogP contribution in [0.15, 0.2) is 49.1 Å². The highest BCUT2D eigenvalue weighted by atomic mass is 19.4. The molecule has 35 heavy (non-hydrogen) atoms. The lowest BCUT2D eigenvalue weighted by Crippen LogP contribution is -2.58. The number of morpholine rings is 1. The summed E-state index contributed by atoms with van der Waals surface area (Å²) in [6, 6.07) is 5.23. The van der Waals surface area contributed by atoms with Crippen LogP contribution in [0.3, 0.4) is 0 Å². The third-order valence-corrected chi connectivity index (χ3v) is 5.57. The third kappa shape index (κ3) is 5.37. The second kappa shape index (κ2) is 9.90. The first-order valence-electron chi connectivity index (χ1n) is 10.8. The number of rotatable bonds is 5. The van der Waals surface area contributed by atoms with Gasteiger partial charge in [-0.05, 0) is 32.0 Å². The molecule has 1 aliphatic rings. The van der Waals surface area contributed by atoms with Crippen molar-refractivity contribution in [3.63, 3.8) is 0 Å². The van der Waals surface area contributed by atoms with Gasteiger partial charge in [0.25, 0.3) is 5.91 Å². The molecule has 0 saturated carbocycles. The smallest absolute Gasteiger partial charge is 0.372 e. The molecule has 1 aliphatic heterocycles. The van der Waals surface area contributed by atoms with Crippen LogP contribution in [0.1, 0.15) is 29.9 Å². The van der Waals surface area contributed by atoms with Crippen molar-refractivity contribution < 1.29 is 27.1 Å². The Bertz CT molecular complexity index is 1180. The average molecular weight is 490 g/mol. The second-order valence-corrected chi connectivity index (χ2v) is 8.08. The number of hydrogen-bond acceptors (Lipinski definition) is 7. The maximum absolute atomic E-state index is 14.8. The summed E-state index contributed by atoms with van der Waals surface area (Å²) in [5.74, 6) is -0.885. The van der Waals surface area contributed by atoms with Gasteiger partial charge in [-0.25, -0.2) is 24.3 Å². The Kier molecular flexibility index (Phi) is 6.92. The molecule has 3 heterocycles. The van der Waals surface area contributed by atoms with Crippen molar-refractivity contribution in [2.45, 2.75) is 38.3 Å². The van der Waals surface area contributed by atoms with E-state index in [9.17, 15) is 22.4 Å². The summed E-state index contributed by atoms with van der Waals surface area (Å²) < 4.78 is 59.0. The fourth-order valence-corrected chi connectivity index (χ4v) is 3.96. The van der Waals surface area contributed by atoms with Crippen molar-refractivity contribution in [2.75, 3.05) is 18.4 Å². The van der Waals surface area contributed by atoms with E-state index in [1.165, 1.54) is 30.6 Å². The lowest BCUT2D eigenvalue weighted by molar-refractivity contribution is -0.141. The largest absolute Gasteiger partial charge is 0.434 e. The molecular formula is C23H22F4N6O2. The Hall–Kier alpha value is -3.67. The van der Waals surface area contributed by atoms with Gasteiger partial charge < -0.3 is 15.0 Å². The predicted octanol–water partition coefficient (Wildman–Crippen LogP) is 3.82. The standard InChI is InChI=1S/C23H22F4N6O2/c1-13-12-33(22(34)15-5-3-6-16(24)20(15)21-28-7-4-8-29-21)17(14(2)35-13)9-31-19-11-30-18(10-32-19)23(25,26)27/h3-8,10-11,13-14,17H,9,12H2,1-2H3,(H,31,32)/t13-,14+,17-/m1/s1. The van der Waals surface area contributed by atoms with Crippen LogP contribution < -0.4 is 5.32 Å². The van der Waals surface area contributed by atoms with Crippen LogP contribution in [0.4, 0.5) is 23.4 Å². The van der Waals surface area contributed by atoms with Crippen molar-refractivity contribution in [2.24, 2.45) is 0 Å². The first kappa shape index (κ1) is 24.5. The summed E-state index contributed by atoms with van der Waals surface area (Å²) in [5.41, 5.74) is -1.02. The summed E-state index contributed by atoms with van der Waals surface area (Å²) in [6.45, 7) is 3.94. The Labute approximate surface area is 198 Å². The van der Waals surface area contributed by atoms with Crippen molar-refractivity contribution in [1.82, 2.24) is 24.8 Å². The fourth-order valence-electron chi connectivity index (χ4n) is 3.96. The summed E-state index contributed by atoms with van der Waals surface area (Å²) in [6.07, 6.45) is -0.791. The van der Waals surface area contributed by atoms with Crippen LogP contribution in [-0.4, -0.2) is 62.1 Å². The molecule has 0 unspecified atom stereocenters. The number of ether oxygens (including phenoxy) is 1. The number of nitrogens with zero attached hydrogens (tertiary/aromatic N) is 5. The molecule has 3 atom stereocenters. The molecule has 0 aliphatic carbocycles. The van der Waals surface area contributed by atoms with Crippen LogP contribution in [0.25, 0.3) is 11.4 Å². The molecule has 0 spiro atoms. The Morgan fingerprint density at radius 2 is 1.86 bits per heavy atom. The van der Waals surface area contributed by atoms with Gasteiger partial charge in [-0.15, -0.1) is 0 Å². The van der Waals surface area contributed by atoms with Gasteiger partial charge in [0.1, 0.15) is 11.6 Å². The van der Waals surface area contributed by atoms with E-state index in [1.54, 1.807) is 17.9 Å². The van der Waals surface area contributed by atoms with Gasteiger partial charge in [0.05, 0.1) is 41.8 Å². The summed E-state index contributed by atoms with van der Waals surface area (Å²) >= 11 is 0. The van der Waals surface area contributed by atoms with E-state index in [0.717, 1.165) is 6.20 Å². The summed E-state index contributed by atoms with van der Waals surface area (Å²) in [7, 11) is 0. The van der Waals surface area contributed by atoms with Crippen molar-refractivity contribution in [3.8, 4) is 11.4 Å². The molecule has 0 radical (unpaired) electrons. The molecule has 0 bridgehead atoms. The number of hydrogen-bond donors (Lipinski definition) is 1. The van der Waals surface area contributed by atoms with Gasteiger partial charge in [-0.2, -0.15) is 13.2 Å². The lowest BCUT2D eigenvalue weighted by atomic mass is 10.0. The van der Waals surface area contributed by atoms with Crippen LogP contribution in [-0.2, 0) is 10.9 Å². The van der Waals surface area contributed by atoms with Crippen LogP contribution in [0.2, 0.25) is 0 Å². The monoisotopic (exact) mass is 490 g/mol. The molecule has 2 aromatic heterocycles. The number of anilines is 1. The Morgan fingerprint density at radius 1 is 1.11 bits per heavy atom. The maximum atomic E-state index is 14.8. The van der Waals surface area contributed by atoms with Crippen molar-refractivity contribution in [1.29, 1.82) is 0 Å². The van der Waals surface area contributed by atoms with Crippen LogP contribution in [0, 0.1) is 5.82 Å². The normalized spacial score (nSPS) is 20.5. The molecule has 4 rings (SSSR count). The van der Waals surface area contributed by atoms with E-state index >= 15 is 0 Å². The van der Waals surface area contributed by atoms with Crippen LogP contribution in [0.5, 0.6) is 0 Å². The summed E-state index contributed by atoms with van der Waals surface area (Å²) in [4.78, 5) is 30.6. The van der Waals surface area contributed by atoms with Gasteiger partial charge in [0.15, 0.2) is 11.5 Å². The first-order valence-corrected chi connectivity index (χ1v) is 10.8. The zero-order chi connectivity index (χ0) is 25.2. The van der Waals surface area contributed by atoms with Gasteiger partial charge in [0.2, 0.25) is 0 Å². The SMILES string of the molecule is C[C@@H]1CN(C(=O)c2cccc(F)c2-c2ncccn2)[C@H](CNc2cnc(C(F)(F)F)cn2)[C@H](C)O1. The maximum Gasteiger partial charge on any atom is 0.434 e. The molecule has 3 aromatic rings. The molecule has 12 heteroatoms. The number of carbonyl (C=O) groups is 1. The Morgan fingerprint density at radius 3 is 2.51 bits per heavy atom. The minimum absolute atomic E-state index is 0.00906. The highest BCUT2D eigenvalue weighted by Crippen LogP contribution is 2.29. The molecule has 1 saturated heterocycles. The van der Waals surface area contributed by atoms with E-state index < -0.39 is 35.7 Å². The lowest BCUT2D eigenvalue weighted by Gasteiger charge is -2.43. The topological polar surface area (TPSA) is 93.1 Å². The second-order valence-electron chi connectivity index (χ2n) is 8.08. The zero-order valence-electron chi connectivity index (χ0n) is 18.8. The number of halogens is 4. The molecule has 1 N–H and O–H groups in total. The highest BCUT2D eigenvalue weighted by molar-refractivity contribution is 6.00. The van der Waals surface area contributed by atoms with E-state index in [2.05, 4.69) is 25.3 Å². The van der Waals surface area contributed by atoms with Crippen LogP contribution >= 0.6 is 0 Å². The van der Waals surface area contributed by atoms with E-state index in [4.69, 9.17) is 4.74 Å². The molecule has 1 fully saturated rings. The van der Waals surface area contributed by atoms with E-state index in [-0.39, 0.29) is 42.0 Å². The van der Waals surface area contributed by atoms with Crippen molar-refractivity contribution in [3.05, 3.63) is 66.1 Å². The van der Waals surface area contributed by atoms with Gasteiger partial charge >= 0.3 is 6.18 Å². The van der Waals surface area contributed by atoms with E-state index in [0.29, 0.717) is 6.20 Å². The zero-order valence-corrected chi connectivity index (χ0v) is 18.8. The number of amides is 1. The van der Waals surface area contributed by atoms with E-state index in [1.807, 2.05) is 6.92 Å². The number of aromatic nitrogens is 4. The summed E-state index contributed by atoms with van der Waals surface area (Å²) in [5, 5.41) is 2.92. The number of benzene rings is 1. The molecule has 1 aromatic carbocycles. The number of alkyl halides is 3. The molecule has 1 amide bonds. The molecule has 8 nitrogen and oxygen atoms in total. The quantitative estimate of drug-likeness (QED) is 0.544. The average Bonchev–Trinajstić information content (AvgIpc) is 2.82. The highest BCUT2D eigenvalue weighted by Gasteiger charge is 2.37. The molecule has 184 valence electrons. The fraction of sp³-hybridized carbons (Fsp3) is 0.348. The minimum atomic E-state index is -4.60. The van der Waals surface area contributed by atoms with Crippen molar-refractivity contribution >= 4 is 11.7 Å².